The lowest BCUT2D eigenvalue weighted by Crippen LogP contribution is -2.28. The Kier molecular flexibility index (Phi) is 6.34. The summed E-state index contributed by atoms with van der Waals surface area (Å²) >= 11 is 0. The molecule has 1 atom stereocenters. The van der Waals surface area contributed by atoms with Crippen molar-refractivity contribution < 1.29 is 18.0 Å². The number of anilines is 2. The maximum atomic E-state index is 12.6. The van der Waals surface area contributed by atoms with Crippen molar-refractivity contribution in [2.24, 2.45) is 5.92 Å². The molecule has 1 aliphatic rings. The highest BCUT2D eigenvalue weighted by molar-refractivity contribution is 7.89. The number of hydrogen-bond acceptors (Lipinski definition) is 4. The quantitative estimate of drug-likeness (QED) is 0.726. The van der Waals surface area contributed by atoms with E-state index in [4.69, 9.17) is 0 Å². The third kappa shape index (κ3) is 4.83. The van der Waals surface area contributed by atoms with Gasteiger partial charge in [-0.15, -0.1) is 0 Å². The van der Waals surface area contributed by atoms with Crippen LogP contribution >= 0.6 is 0 Å². The van der Waals surface area contributed by atoms with E-state index in [9.17, 15) is 18.0 Å². The van der Waals surface area contributed by atoms with Crippen molar-refractivity contribution in [3.63, 3.8) is 0 Å². The maximum Gasteiger partial charge on any atom is 0.240 e. The van der Waals surface area contributed by atoms with Crippen LogP contribution < -0.4 is 14.9 Å². The lowest BCUT2D eigenvalue weighted by atomic mass is 10.1. The molecule has 29 heavy (non-hydrogen) atoms. The fourth-order valence-corrected chi connectivity index (χ4v) is 4.32. The molecule has 0 aliphatic carbocycles. The van der Waals surface area contributed by atoms with Crippen molar-refractivity contribution in [3.8, 4) is 0 Å². The van der Waals surface area contributed by atoms with Gasteiger partial charge in [0.05, 0.1) is 10.8 Å². The summed E-state index contributed by atoms with van der Waals surface area (Å²) in [5.74, 6) is -0.798. The molecule has 0 aromatic heterocycles. The van der Waals surface area contributed by atoms with E-state index >= 15 is 0 Å². The molecule has 3 rings (SSSR count). The first-order valence-corrected chi connectivity index (χ1v) is 11.1. The molecule has 1 heterocycles. The summed E-state index contributed by atoms with van der Waals surface area (Å²) in [5.41, 5.74) is 2.47. The van der Waals surface area contributed by atoms with Gasteiger partial charge in [0.15, 0.2) is 0 Å². The highest BCUT2D eigenvalue weighted by Gasteiger charge is 2.35. The Morgan fingerprint density at radius 3 is 2.31 bits per heavy atom. The monoisotopic (exact) mass is 415 g/mol. The average molecular weight is 416 g/mol. The first kappa shape index (κ1) is 21.0. The van der Waals surface area contributed by atoms with Crippen LogP contribution in [0.15, 0.2) is 53.4 Å². The fourth-order valence-electron chi connectivity index (χ4n) is 3.28. The zero-order valence-corrected chi connectivity index (χ0v) is 17.3. The van der Waals surface area contributed by atoms with E-state index in [1.165, 1.54) is 17.7 Å². The maximum absolute atomic E-state index is 12.6. The fraction of sp³-hybridized carbons (Fsp3) is 0.333. The van der Waals surface area contributed by atoms with Gasteiger partial charge in [-0.3, -0.25) is 9.59 Å². The smallest absolute Gasteiger partial charge is 0.240 e. The number of rotatable bonds is 7. The second-order valence-corrected chi connectivity index (χ2v) is 8.71. The number of carbonyl (C=O) groups excluding carboxylic acids is 2. The normalized spacial score (nSPS) is 16.8. The minimum Gasteiger partial charge on any atom is -0.326 e. The Morgan fingerprint density at radius 1 is 1.07 bits per heavy atom. The van der Waals surface area contributed by atoms with Crippen molar-refractivity contribution >= 4 is 33.2 Å². The van der Waals surface area contributed by atoms with E-state index < -0.39 is 15.9 Å². The van der Waals surface area contributed by atoms with Crippen LogP contribution in [0.1, 0.15) is 25.8 Å². The Morgan fingerprint density at radius 2 is 1.72 bits per heavy atom. The summed E-state index contributed by atoms with van der Waals surface area (Å²) in [6, 6.07) is 13.7. The standard InChI is InChI=1S/C21H25N3O4S/c1-3-15-5-9-18(10-6-15)24-14-16(13-20(24)25)21(26)23-17-7-11-19(12-8-17)29(27,28)22-4-2/h5-12,16,22H,3-4,13-14H2,1-2H3,(H,23,26). The number of sulfonamides is 1. The molecule has 1 unspecified atom stereocenters. The largest absolute Gasteiger partial charge is 0.326 e. The zero-order valence-electron chi connectivity index (χ0n) is 16.5. The number of nitrogens with zero attached hydrogens (tertiary/aromatic N) is 1. The number of amides is 2. The summed E-state index contributed by atoms with van der Waals surface area (Å²) in [7, 11) is -3.54. The van der Waals surface area contributed by atoms with Gasteiger partial charge in [0.25, 0.3) is 0 Å². The van der Waals surface area contributed by atoms with E-state index in [1.54, 1.807) is 24.0 Å². The molecule has 1 fully saturated rings. The van der Waals surface area contributed by atoms with Crippen molar-refractivity contribution in [3.05, 3.63) is 54.1 Å². The van der Waals surface area contributed by atoms with Gasteiger partial charge >= 0.3 is 0 Å². The van der Waals surface area contributed by atoms with Crippen LogP contribution in [-0.4, -0.2) is 33.3 Å². The van der Waals surface area contributed by atoms with Crippen molar-refractivity contribution in [1.29, 1.82) is 0 Å². The number of carbonyl (C=O) groups is 2. The number of hydrogen-bond donors (Lipinski definition) is 2. The SMILES string of the molecule is CCNS(=O)(=O)c1ccc(NC(=O)C2CC(=O)N(c3ccc(CC)cc3)C2)cc1. The predicted octanol–water partition coefficient (Wildman–Crippen LogP) is 2.54. The first-order chi connectivity index (χ1) is 13.8. The second-order valence-electron chi connectivity index (χ2n) is 6.94. The molecule has 2 aromatic carbocycles. The van der Waals surface area contributed by atoms with Gasteiger partial charge in [0.2, 0.25) is 21.8 Å². The number of aryl methyl sites for hydroxylation is 1. The number of benzene rings is 2. The summed E-state index contributed by atoms with van der Waals surface area (Å²) in [6.45, 7) is 4.40. The Labute approximate surface area is 171 Å². The summed E-state index contributed by atoms with van der Waals surface area (Å²) < 4.78 is 26.4. The molecule has 2 aromatic rings. The van der Waals surface area contributed by atoms with Gasteiger partial charge in [0.1, 0.15) is 0 Å². The van der Waals surface area contributed by atoms with Crippen LogP contribution in [-0.2, 0) is 26.0 Å². The molecule has 0 saturated carbocycles. The molecule has 2 amide bonds. The highest BCUT2D eigenvalue weighted by atomic mass is 32.2. The van der Waals surface area contributed by atoms with E-state index in [2.05, 4.69) is 17.0 Å². The zero-order chi connectivity index (χ0) is 21.0. The van der Waals surface area contributed by atoms with Crippen LogP contribution in [0.5, 0.6) is 0 Å². The lowest BCUT2D eigenvalue weighted by Gasteiger charge is -2.17. The second kappa shape index (κ2) is 8.75. The lowest BCUT2D eigenvalue weighted by molar-refractivity contribution is -0.122. The molecular formula is C21H25N3O4S. The van der Waals surface area contributed by atoms with Gasteiger partial charge < -0.3 is 10.2 Å². The van der Waals surface area contributed by atoms with Gasteiger partial charge in [-0.1, -0.05) is 26.0 Å². The molecule has 0 radical (unpaired) electrons. The van der Waals surface area contributed by atoms with Gasteiger partial charge in [-0.2, -0.15) is 0 Å². The average Bonchev–Trinajstić information content (AvgIpc) is 3.10. The Bertz CT molecular complexity index is 986. The van der Waals surface area contributed by atoms with E-state index in [-0.39, 0.29) is 23.1 Å². The van der Waals surface area contributed by atoms with Crippen molar-refractivity contribution in [2.75, 3.05) is 23.3 Å². The van der Waals surface area contributed by atoms with E-state index in [0.29, 0.717) is 18.8 Å². The van der Waals surface area contributed by atoms with E-state index in [0.717, 1.165) is 12.1 Å². The summed E-state index contributed by atoms with van der Waals surface area (Å²) in [4.78, 5) is 26.8. The predicted molar refractivity (Wildman–Crippen MR) is 112 cm³/mol. The van der Waals surface area contributed by atoms with Crippen LogP contribution in [0, 0.1) is 5.92 Å². The third-order valence-electron chi connectivity index (χ3n) is 4.92. The van der Waals surface area contributed by atoms with Crippen molar-refractivity contribution in [1.82, 2.24) is 4.72 Å². The molecule has 1 saturated heterocycles. The molecule has 8 heteroatoms. The molecular weight excluding hydrogens is 390 g/mol. The molecule has 154 valence electrons. The molecule has 7 nitrogen and oxygen atoms in total. The molecule has 0 bridgehead atoms. The Hall–Kier alpha value is -2.71. The Balaban J connectivity index is 1.64. The summed E-state index contributed by atoms with van der Waals surface area (Å²) in [5, 5.41) is 2.77. The van der Waals surface area contributed by atoms with E-state index in [1.807, 2.05) is 24.3 Å². The minimum absolute atomic E-state index is 0.0820. The highest BCUT2D eigenvalue weighted by Crippen LogP contribution is 2.26. The van der Waals surface area contributed by atoms with Gasteiger partial charge in [-0.25, -0.2) is 13.1 Å². The van der Waals surface area contributed by atoms with Gasteiger partial charge in [-0.05, 0) is 48.4 Å². The molecule has 0 spiro atoms. The molecule has 2 N–H and O–H groups in total. The third-order valence-corrected chi connectivity index (χ3v) is 6.48. The van der Waals surface area contributed by atoms with Crippen LogP contribution in [0.4, 0.5) is 11.4 Å². The minimum atomic E-state index is -3.54. The topological polar surface area (TPSA) is 95.6 Å². The van der Waals surface area contributed by atoms with Crippen molar-refractivity contribution in [2.45, 2.75) is 31.6 Å². The van der Waals surface area contributed by atoms with Crippen LogP contribution in [0.25, 0.3) is 0 Å². The summed E-state index contributed by atoms with van der Waals surface area (Å²) in [6.07, 6.45) is 1.07. The van der Waals surface area contributed by atoms with Gasteiger partial charge in [0, 0.05) is 30.9 Å². The van der Waals surface area contributed by atoms with Crippen LogP contribution in [0.3, 0.4) is 0 Å². The van der Waals surface area contributed by atoms with Crippen LogP contribution in [0.2, 0.25) is 0 Å². The molecule has 1 aliphatic heterocycles. The first-order valence-electron chi connectivity index (χ1n) is 9.64. The number of nitrogens with one attached hydrogen (secondary N) is 2.